The highest BCUT2D eigenvalue weighted by molar-refractivity contribution is 8.00. The van der Waals surface area contributed by atoms with E-state index in [4.69, 9.17) is 35.3 Å². The molecule has 1 fully saturated rings. The Balaban J connectivity index is 1.25. The molecule has 6 aromatic rings. The topological polar surface area (TPSA) is 46.2 Å². The smallest absolute Gasteiger partial charge is 0.118 e. The number of thioether (sulfide) groups is 1. The normalized spacial score (nSPS) is 19.6. The second-order valence-corrected chi connectivity index (χ2v) is 15.5. The van der Waals surface area contributed by atoms with E-state index in [9.17, 15) is 0 Å². The first kappa shape index (κ1) is 38.9. The Morgan fingerprint density at radius 2 is 1.00 bits per heavy atom. The van der Waals surface area contributed by atoms with Crippen LogP contribution in [0.4, 0.5) is 0 Å². The van der Waals surface area contributed by atoms with Gasteiger partial charge in [0.05, 0.1) is 50.6 Å². The summed E-state index contributed by atoms with van der Waals surface area (Å²) in [7, 11) is 1.68. The van der Waals surface area contributed by atoms with Crippen LogP contribution in [0.25, 0.3) is 0 Å². The molecule has 7 rings (SSSR count). The maximum Gasteiger partial charge on any atom is 0.118 e. The molecule has 1 aliphatic heterocycles. The number of hydrogen-bond donors (Lipinski definition) is 0. The summed E-state index contributed by atoms with van der Waals surface area (Å²) in [5.74, 6) is 0.826. The molecule has 0 unspecified atom stereocenters. The molecule has 1 saturated heterocycles. The van der Waals surface area contributed by atoms with Crippen molar-refractivity contribution in [3.8, 4) is 5.75 Å². The summed E-state index contributed by atoms with van der Waals surface area (Å²) >= 11 is 8.76. The van der Waals surface area contributed by atoms with E-state index in [0.29, 0.717) is 39.5 Å². The van der Waals surface area contributed by atoms with Crippen molar-refractivity contribution in [3.05, 3.63) is 208 Å². The highest BCUT2D eigenvalue weighted by Crippen LogP contribution is 2.48. The average molecular weight is 771 g/mol. The van der Waals surface area contributed by atoms with Gasteiger partial charge in [-0.2, -0.15) is 0 Å². The van der Waals surface area contributed by atoms with Gasteiger partial charge < -0.3 is 23.7 Å². The lowest BCUT2D eigenvalue weighted by Gasteiger charge is -2.46. The molecule has 5 atom stereocenters. The number of methoxy groups -OCH3 is 1. The van der Waals surface area contributed by atoms with Gasteiger partial charge in [-0.05, 0) is 63.6 Å². The standard InChI is InChI=1S/C48H47ClO5S/c1-50-42-25-22-35(23-26-42)28-41-29-40(24-27-43(41)49)48-47(54-33-39-20-12-5-13-21-39)46(53-32-38-18-10-4-11-19-38)45(52-31-37-16-8-3-9-17-37)44(55-48)34-51-30-36-14-6-2-7-15-36/h2-27,29,44-48H,28,30-34H2,1H3/t44-,45-,46+,47-,48+/m1/s1. The third kappa shape index (κ3) is 10.9. The summed E-state index contributed by atoms with van der Waals surface area (Å²) in [5.41, 5.74) is 7.74. The molecule has 55 heavy (non-hydrogen) atoms. The van der Waals surface area contributed by atoms with Crippen molar-refractivity contribution in [3.63, 3.8) is 0 Å². The third-order valence-electron chi connectivity index (χ3n) is 9.84. The molecule has 0 radical (unpaired) electrons. The molecule has 0 amide bonds. The van der Waals surface area contributed by atoms with Crippen LogP contribution in [0.2, 0.25) is 5.02 Å². The van der Waals surface area contributed by atoms with Crippen molar-refractivity contribution >= 4 is 23.4 Å². The minimum Gasteiger partial charge on any atom is -0.497 e. The van der Waals surface area contributed by atoms with E-state index >= 15 is 0 Å². The average Bonchev–Trinajstić information content (AvgIpc) is 3.24. The largest absolute Gasteiger partial charge is 0.497 e. The van der Waals surface area contributed by atoms with Gasteiger partial charge in [-0.1, -0.05) is 157 Å². The number of halogens is 1. The van der Waals surface area contributed by atoms with Crippen LogP contribution in [-0.2, 0) is 51.8 Å². The van der Waals surface area contributed by atoms with Crippen molar-refractivity contribution < 1.29 is 23.7 Å². The predicted molar refractivity (Wildman–Crippen MR) is 223 cm³/mol. The molecule has 0 N–H and O–H groups in total. The number of ether oxygens (including phenoxy) is 5. The molecule has 1 aliphatic rings. The highest BCUT2D eigenvalue weighted by atomic mass is 35.5. The van der Waals surface area contributed by atoms with Crippen molar-refractivity contribution in [2.75, 3.05) is 13.7 Å². The van der Waals surface area contributed by atoms with Gasteiger partial charge in [-0.25, -0.2) is 0 Å². The van der Waals surface area contributed by atoms with E-state index in [1.807, 2.05) is 103 Å². The lowest BCUT2D eigenvalue weighted by molar-refractivity contribution is -0.160. The molecular weight excluding hydrogens is 724 g/mol. The van der Waals surface area contributed by atoms with Gasteiger partial charge in [-0.15, -0.1) is 11.8 Å². The van der Waals surface area contributed by atoms with Crippen molar-refractivity contribution in [1.82, 2.24) is 0 Å². The Labute approximate surface area is 334 Å². The van der Waals surface area contributed by atoms with Crippen molar-refractivity contribution in [2.24, 2.45) is 0 Å². The Bertz CT molecular complexity index is 2020. The van der Waals surface area contributed by atoms with Crippen LogP contribution in [-0.4, -0.2) is 37.3 Å². The van der Waals surface area contributed by atoms with Crippen LogP contribution in [0.15, 0.2) is 164 Å². The van der Waals surface area contributed by atoms with Gasteiger partial charge in [-0.3, -0.25) is 0 Å². The molecule has 6 aromatic carbocycles. The number of benzene rings is 6. The second-order valence-electron chi connectivity index (χ2n) is 13.8. The minimum absolute atomic E-state index is 0.0736. The van der Waals surface area contributed by atoms with Gasteiger partial charge in [0.15, 0.2) is 0 Å². The Kier molecular flexibility index (Phi) is 14.1. The Morgan fingerprint density at radius 3 is 1.53 bits per heavy atom. The summed E-state index contributed by atoms with van der Waals surface area (Å²) in [5, 5.41) is 0.541. The summed E-state index contributed by atoms with van der Waals surface area (Å²) in [6, 6.07) is 55.8. The molecule has 0 saturated carbocycles. The fourth-order valence-electron chi connectivity index (χ4n) is 6.93. The lowest BCUT2D eigenvalue weighted by Crippen LogP contribution is -2.54. The zero-order valence-corrected chi connectivity index (χ0v) is 32.6. The van der Waals surface area contributed by atoms with Crippen LogP contribution >= 0.6 is 23.4 Å². The van der Waals surface area contributed by atoms with Crippen LogP contribution in [0.3, 0.4) is 0 Å². The zero-order valence-electron chi connectivity index (χ0n) is 31.0. The van der Waals surface area contributed by atoms with Crippen LogP contribution in [0, 0.1) is 0 Å². The van der Waals surface area contributed by atoms with Gasteiger partial charge in [0.1, 0.15) is 24.1 Å². The maximum absolute atomic E-state index is 7.04. The monoisotopic (exact) mass is 770 g/mol. The summed E-state index contributed by atoms with van der Waals surface area (Å²) < 4.78 is 32.9. The van der Waals surface area contributed by atoms with Gasteiger partial charge in [0, 0.05) is 5.02 Å². The van der Waals surface area contributed by atoms with E-state index in [2.05, 4.69) is 72.8 Å². The second kappa shape index (κ2) is 20.0. The van der Waals surface area contributed by atoms with E-state index in [1.54, 1.807) is 7.11 Å². The minimum atomic E-state index is -0.426. The molecule has 0 bridgehead atoms. The van der Waals surface area contributed by atoms with Gasteiger partial charge in [0.2, 0.25) is 0 Å². The van der Waals surface area contributed by atoms with Crippen LogP contribution < -0.4 is 4.74 Å². The molecule has 7 heteroatoms. The first-order chi connectivity index (χ1) is 27.1. The van der Waals surface area contributed by atoms with Crippen molar-refractivity contribution in [2.45, 2.75) is 61.7 Å². The fourth-order valence-corrected chi connectivity index (χ4v) is 8.74. The molecule has 0 spiro atoms. The Morgan fingerprint density at radius 1 is 0.509 bits per heavy atom. The van der Waals surface area contributed by atoms with Crippen LogP contribution in [0.5, 0.6) is 5.75 Å². The van der Waals surface area contributed by atoms with E-state index < -0.39 is 6.10 Å². The predicted octanol–water partition coefficient (Wildman–Crippen LogP) is 11.1. The summed E-state index contributed by atoms with van der Waals surface area (Å²) in [6.07, 6.45) is -0.447. The van der Waals surface area contributed by atoms with Gasteiger partial charge in [0.25, 0.3) is 0 Å². The molecule has 0 aromatic heterocycles. The van der Waals surface area contributed by atoms with Crippen LogP contribution in [0.1, 0.15) is 44.2 Å². The number of rotatable bonds is 17. The first-order valence-corrected chi connectivity index (χ1v) is 20.1. The SMILES string of the molecule is COc1ccc(Cc2cc([C@@H]3S[C@H](COCc4ccccc4)[C@@H](OCc4ccccc4)[C@H](OCc4ccccc4)[C@H]3OCc3ccccc3)ccc2Cl)cc1. The summed E-state index contributed by atoms with van der Waals surface area (Å²) in [6.45, 7) is 2.26. The zero-order chi connectivity index (χ0) is 37.7. The fraction of sp³-hybridized carbons (Fsp3) is 0.250. The van der Waals surface area contributed by atoms with E-state index in [1.165, 1.54) is 0 Å². The molecule has 5 nitrogen and oxygen atoms in total. The number of hydrogen-bond acceptors (Lipinski definition) is 6. The first-order valence-electron chi connectivity index (χ1n) is 18.8. The lowest BCUT2D eigenvalue weighted by atomic mass is 9.94. The van der Waals surface area contributed by atoms with Crippen molar-refractivity contribution in [1.29, 1.82) is 0 Å². The van der Waals surface area contributed by atoms with Gasteiger partial charge >= 0.3 is 0 Å². The van der Waals surface area contributed by atoms with E-state index in [-0.39, 0.29) is 22.7 Å². The van der Waals surface area contributed by atoms with E-state index in [0.717, 1.165) is 49.7 Å². The molecule has 1 heterocycles. The molecule has 0 aliphatic carbocycles. The third-order valence-corrected chi connectivity index (χ3v) is 11.8. The Hall–Kier alpha value is -4.40. The summed E-state index contributed by atoms with van der Waals surface area (Å²) in [4.78, 5) is 0. The maximum atomic E-state index is 7.04. The molecular formula is C48H47ClO5S. The molecule has 282 valence electrons. The quantitative estimate of drug-likeness (QED) is 0.0920. The highest BCUT2D eigenvalue weighted by Gasteiger charge is 2.48.